The average molecular weight is 345 g/mol. The van der Waals surface area contributed by atoms with Crippen molar-refractivity contribution in [1.82, 2.24) is 10.2 Å². The van der Waals surface area contributed by atoms with Gasteiger partial charge in [0.2, 0.25) is 5.91 Å². The van der Waals surface area contributed by atoms with Gasteiger partial charge in [-0.05, 0) is 18.2 Å². The third-order valence-corrected chi connectivity index (χ3v) is 4.23. The first-order valence-electron chi connectivity index (χ1n) is 6.54. The molecule has 4 nitrogen and oxygen atoms in total. The summed E-state index contributed by atoms with van der Waals surface area (Å²) in [5.41, 5.74) is 0.591. The smallest absolute Gasteiger partial charge is 0.224 e. The first kappa shape index (κ1) is 15.4. The normalized spacial score (nSPS) is 23.0. The second-order valence-corrected chi connectivity index (χ2v) is 6.01. The molecule has 2 N–H and O–H groups in total. The Morgan fingerprint density at radius 3 is 2.95 bits per heavy atom. The molecule has 6 heteroatoms. The molecule has 110 valence electrons. The number of hydrogen-bond donors (Lipinski definition) is 2. The second-order valence-electron chi connectivity index (χ2n) is 5.09. The van der Waals surface area contributed by atoms with Gasteiger partial charge in [-0.3, -0.25) is 9.69 Å². The van der Waals surface area contributed by atoms with Crippen molar-refractivity contribution >= 4 is 21.8 Å². The molecule has 1 aliphatic rings. The van der Waals surface area contributed by atoms with E-state index in [0.29, 0.717) is 25.2 Å². The monoisotopic (exact) mass is 344 g/mol. The number of nitrogens with zero attached hydrogens (tertiary/aromatic N) is 1. The summed E-state index contributed by atoms with van der Waals surface area (Å²) < 4.78 is 14.6. The third-order valence-electron chi connectivity index (χ3n) is 3.74. The SMILES string of the molecule is CNC(=O)[C@@H]1CN(Cc2cc(Br)ccc2F)C[C@H]1CO. The van der Waals surface area contributed by atoms with E-state index in [2.05, 4.69) is 21.2 Å². The molecule has 0 saturated carbocycles. The molecule has 20 heavy (non-hydrogen) atoms. The van der Waals surface area contributed by atoms with Crippen LogP contribution in [0.5, 0.6) is 0 Å². The van der Waals surface area contributed by atoms with Crippen LogP contribution in [-0.2, 0) is 11.3 Å². The Balaban J connectivity index is 2.08. The van der Waals surface area contributed by atoms with Crippen molar-refractivity contribution < 1.29 is 14.3 Å². The lowest BCUT2D eigenvalue weighted by molar-refractivity contribution is -0.125. The molecule has 0 aliphatic carbocycles. The lowest BCUT2D eigenvalue weighted by Gasteiger charge is -2.16. The van der Waals surface area contributed by atoms with Gasteiger partial charge < -0.3 is 10.4 Å². The topological polar surface area (TPSA) is 52.6 Å². The molecule has 1 amide bonds. The van der Waals surface area contributed by atoms with E-state index in [1.807, 2.05) is 4.90 Å². The zero-order valence-electron chi connectivity index (χ0n) is 11.3. The van der Waals surface area contributed by atoms with Crippen molar-refractivity contribution in [2.75, 3.05) is 26.7 Å². The van der Waals surface area contributed by atoms with Gasteiger partial charge in [0.25, 0.3) is 0 Å². The number of hydrogen-bond acceptors (Lipinski definition) is 3. The molecule has 1 aromatic carbocycles. The molecule has 0 radical (unpaired) electrons. The molecule has 2 atom stereocenters. The predicted molar refractivity (Wildman–Crippen MR) is 77.5 cm³/mol. The van der Waals surface area contributed by atoms with Crippen LogP contribution >= 0.6 is 15.9 Å². The molecule has 0 unspecified atom stereocenters. The fraction of sp³-hybridized carbons (Fsp3) is 0.500. The minimum absolute atomic E-state index is 0.0322. The Hall–Kier alpha value is -0.980. The fourth-order valence-electron chi connectivity index (χ4n) is 2.66. The van der Waals surface area contributed by atoms with E-state index in [1.54, 1.807) is 19.2 Å². The van der Waals surface area contributed by atoms with Crippen molar-refractivity contribution in [3.05, 3.63) is 34.1 Å². The van der Waals surface area contributed by atoms with Gasteiger partial charge in [0.15, 0.2) is 0 Å². The summed E-state index contributed by atoms with van der Waals surface area (Å²) in [7, 11) is 1.59. The van der Waals surface area contributed by atoms with E-state index in [4.69, 9.17) is 0 Å². The Kier molecular flexibility index (Phi) is 5.12. The maximum absolute atomic E-state index is 13.7. The Labute approximate surface area is 126 Å². The van der Waals surface area contributed by atoms with E-state index >= 15 is 0 Å². The first-order valence-corrected chi connectivity index (χ1v) is 7.33. The lowest BCUT2D eigenvalue weighted by atomic mass is 9.96. The zero-order valence-corrected chi connectivity index (χ0v) is 12.9. The summed E-state index contributed by atoms with van der Waals surface area (Å²) in [5.74, 6) is -0.649. The number of carbonyl (C=O) groups is 1. The highest BCUT2D eigenvalue weighted by Crippen LogP contribution is 2.26. The number of rotatable bonds is 4. The van der Waals surface area contributed by atoms with Crippen LogP contribution in [0, 0.1) is 17.7 Å². The van der Waals surface area contributed by atoms with Crippen molar-refractivity contribution in [1.29, 1.82) is 0 Å². The number of aliphatic hydroxyl groups excluding tert-OH is 1. The van der Waals surface area contributed by atoms with Crippen molar-refractivity contribution in [2.45, 2.75) is 6.54 Å². The number of benzene rings is 1. The summed E-state index contributed by atoms with van der Waals surface area (Å²) in [4.78, 5) is 13.8. The van der Waals surface area contributed by atoms with Gasteiger partial charge >= 0.3 is 0 Å². The Morgan fingerprint density at radius 1 is 1.55 bits per heavy atom. The van der Waals surface area contributed by atoms with E-state index in [1.165, 1.54) is 6.07 Å². The molecule has 1 saturated heterocycles. The second kappa shape index (κ2) is 6.65. The quantitative estimate of drug-likeness (QED) is 0.867. The van der Waals surface area contributed by atoms with Crippen molar-refractivity contribution in [2.24, 2.45) is 11.8 Å². The van der Waals surface area contributed by atoms with Gasteiger partial charge in [-0.1, -0.05) is 15.9 Å². The van der Waals surface area contributed by atoms with Crippen LogP contribution < -0.4 is 5.32 Å². The van der Waals surface area contributed by atoms with Crippen LogP contribution in [0.15, 0.2) is 22.7 Å². The number of carbonyl (C=O) groups excluding carboxylic acids is 1. The summed E-state index contributed by atoms with van der Waals surface area (Å²) in [5, 5.41) is 12.0. The molecule has 2 rings (SSSR count). The summed E-state index contributed by atoms with van der Waals surface area (Å²) >= 11 is 3.33. The van der Waals surface area contributed by atoms with Gasteiger partial charge in [0, 0.05) is 49.2 Å². The molecule has 1 aliphatic heterocycles. The van der Waals surface area contributed by atoms with Gasteiger partial charge in [-0.15, -0.1) is 0 Å². The summed E-state index contributed by atoms with van der Waals surface area (Å²) in [6.45, 7) is 1.54. The number of likely N-dealkylation sites (tertiary alicyclic amines) is 1. The molecule has 1 heterocycles. The van der Waals surface area contributed by atoms with Gasteiger partial charge in [0.1, 0.15) is 5.82 Å². The van der Waals surface area contributed by atoms with Crippen LogP contribution in [0.3, 0.4) is 0 Å². The molecule has 0 aromatic heterocycles. The fourth-order valence-corrected chi connectivity index (χ4v) is 3.07. The highest BCUT2D eigenvalue weighted by molar-refractivity contribution is 9.10. The predicted octanol–water partition coefficient (Wildman–Crippen LogP) is 1.37. The van der Waals surface area contributed by atoms with Gasteiger partial charge in [-0.2, -0.15) is 0 Å². The highest BCUT2D eigenvalue weighted by atomic mass is 79.9. The van der Waals surface area contributed by atoms with Crippen molar-refractivity contribution in [3.63, 3.8) is 0 Å². The number of aliphatic hydroxyl groups is 1. The van der Waals surface area contributed by atoms with E-state index in [-0.39, 0.29) is 30.2 Å². The minimum atomic E-state index is -0.253. The van der Waals surface area contributed by atoms with E-state index in [0.717, 1.165) is 4.47 Å². The van der Waals surface area contributed by atoms with Crippen molar-refractivity contribution in [3.8, 4) is 0 Å². The Morgan fingerprint density at radius 2 is 2.30 bits per heavy atom. The van der Waals surface area contributed by atoms with Crippen LogP contribution in [0.25, 0.3) is 0 Å². The van der Waals surface area contributed by atoms with Crippen LogP contribution in [0.1, 0.15) is 5.56 Å². The summed E-state index contributed by atoms with van der Waals surface area (Å²) in [6, 6.07) is 4.83. The maximum atomic E-state index is 13.7. The first-order chi connectivity index (χ1) is 9.55. The Bertz CT molecular complexity index is 498. The van der Waals surface area contributed by atoms with Crippen LogP contribution in [-0.4, -0.2) is 42.7 Å². The van der Waals surface area contributed by atoms with E-state index in [9.17, 15) is 14.3 Å². The maximum Gasteiger partial charge on any atom is 0.224 e. The van der Waals surface area contributed by atoms with E-state index < -0.39 is 0 Å². The van der Waals surface area contributed by atoms with Crippen LogP contribution in [0.4, 0.5) is 4.39 Å². The minimum Gasteiger partial charge on any atom is -0.396 e. The largest absolute Gasteiger partial charge is 0.396 e. The molecular formula is C14H18BrFN2O2. The molecule has 1 fully saturated rings. The molecular weight excluding hydrogens is 327 g/mol. The van der Waals surface area contributed by atoms with Gasteiger partial charge in [0.05, 0.1) is 5.92 Å². The highest BCUT2D eigenvalue weighted by Gasteiger charge is 2.36. The van der Waals surface area contributed by atoms with Gasteiger partial charge in [-0.25, -0.2) is 4.39 Å². The number of halogens is 2. The number of nitrogens with one attached hydrogen (secondary N) is 1. The lowest BCUT2D eigenvalue weighted by Crippen LogP contribution is -2.33. The zero-order chi connectivity index (χ0) is 14.7. The summed E-state index contributed by atoms with van der Waals surface area (Å²) in [6.07, 6.45) is 0. The standard InChI is InChI=1S/C14H18BrFN2O2/c1-17-14(20)12-7-18(6-10(12)8-19)5-9-4-11(15)2-3-13(9)16/h2-4,10,12,19H,5-8H2,1H3,(H,17,20)/t10-,12+/m0/s1. The average Bonchev–Trinajstić information content (AvgIpc) is 2.85. The molecule has 0 bridgehead atoms. The molecule has 0 spiro atoms. The van der Waals surface area contributed by atoms with Crippen LogP contribution in [0.2, 0.25) is 0 Å². The third kappa shape index (κ3) is 3.37. The molecule has 1 aromatic rings. The number of amides is 1.